The van der Waals surface area contributed by atoms with E-state index in [4.69, 9.17) is 5.73 Å². The van der Waals surface area contributed by atoms with E-state index in [-0.39, 0.29) is 23.9 Å². The summed E-state index contributed by atoms with van der Waals surface area (Å²) in [5, 5.41) is 11.3. The monoisotopic (exact) mass is 1260 g/mol. The average molecular weight is 1260 g/mol. The molecule has 0 radical (unpaired) electrons. The average Bonchev–Trinajstić information content (AvgIpc) is 1.02. The number of piperidine rings is 3. The molecule has 0 spiro atoms. The highest BCUT2D eigenvalue weighted by Gasteiger charge is 2.36. The Kier molecular flexibility index (Phi) is 24.6. The zero-order chi connectivity index (χ0) is 65.3. The Hall–Kier alpha value is -8.61. The lowest BCUT2D eigenvalue weighted by Crippen LogP contribution is -2.46. The van der Waals surface area contributed by atoms with Gasteiger partial charge in [-0.05, 0) is 186 Å². The standard InChI is InChI=1S/C22H28N4O4S.C21H26N4O4S.C12H18N2.C10H12N2O2/c1-14-5-10-20(17-6-8-18(9-7-17)25-31(4,29)30)26(13-14)22(28)21(27)24-19-11-15(2)16(3)23-12-19;1-14-4-11-19(16-6-9-17(10-7-16)24-30(3,28)29)25(13-14)21(27)20(26)23-18-8-5-15(2)22-12-18;1-9-2-7-12(14-8-9)10-3-5-11(13)6-4-10;1-6-4-9(5-11-7(6)2)12-10(14)8(3)13/h6-9,11-12,14,20,25H,5,10,13H2,1-4H3,(H,24,27);5-10,12,14,19,24H,4,11,13H2,1-3H3,(H,23,26);3-6,9,12,14H,2,7-8,13H2,1H3;4-5H,1-3H3,(H,12,14)/t14-,20+;14-,19+;;/m11../s1. The summed E-state index contributed by atoms with van der Waals surface area (Å²) in [6.07, 6.45) is 12.6. The van der Waals surface area contributed by atoms with Crippen LogP contribution in [0.3, 0.4) is 0 Å². The zero-order valence-corrected chi connectivity index (χ0v) is 54.1. The molecule has 2 unspecified atom stereocenters. The van der Waals surface area contributed by atoms with Gasteiger partial charge in [0.2, 0.25) is 25.8 Å². The third-order valence-electron chi connectivity index (χ3n) is 15.4. The van der Waals surface area contributed by atoms with Gasteiger partial charge in [-0.1, -0.05) is 57.2 Å². The van der Waals surface area contributed by atoms with Crippen LogP contribution in [0.2, 0.25) is 0 Å². The summed E-state index contributed by atoms with van der Waals surface area (Å²) in [5.74, 6) is -2.32. The lowest BCUT2D eigenvalue weighted by Gasteiger charge is -2.38. The number of nitrogens with one attached hydrogen (secondary N) is 6. The number of nitrogens with two attached hydrogens (primary N) is 1. The number of anilines is 6. The molecular weight excluding hydrogens is 1170 g/mol. The van der Waals surface area contributed by atoms with Crippen LogP contribution in [0.1, 0.15) is 129 Å². The molecule has 3 aromatic carbocycles. The van der Waals surface area contributed by atoms with E-state index in [0.717, 1.165) is 95.7 Å². The number of hydrogen-bond donors (Lipinski definition) is 7. The van der Waals surface area contributed by atoms with Gasteiger partial charge >= 0.3 is 23.6 Å². The number of nitrogen functional groups attached to an aromatic ring is 1. The number of sulfonamides is 2. The summed E-state index contributed by atoms with van der Waals surface area (Å²) >= 11 is 0. The topological polar surface area (TPSA) is 314 Å². The number of amides is 5. The first kappa shape index (κ1) is 69.5. The van der Waals surface area contributed by atoms with Crippen LogP contribution in [0.5, 0.6) is 0 Å². The Morgan fingerprint density at radius 3 is 1.27 bits per heavy atom. The largest absolute Gasteiger partial charge is 0.399 e. The number of Topliss-reactive ketones (excluding diaryl/α,β-unsaturated/α-hetero) is 1. The van der Waals surface area contributed by atoms with Crippen LogP contribution in [0.15, 0.2) is 116 Å². The molecule has 0 aliphatic carbocycles. The predicted octanol–water partition coefficient (Wildman–Crippen LogP) is 9.26. The van der Waals surface area contributed by atoms with Crippen LogP contribution in [-0.4, -0.2) is 109 Å². The summed E-state index contributed by atoms with van der Waals surface area (Å²) in [5.41, 5.74) is 16.5. The number of carbonyl (C=O) groups excluding carboxylic acids is 6. The maximum absolute atomic E-state index is 13.0. The number of pyridine rings is 3. The van der Waals surface area contributed by atoms with Gasteiger partial charge in [-0.25, -0.2) is 16.8 Å². The molecule has 0 bridgehead atoms. The molecule has 3 aliphatic heterocycles. The summed E-state index contributed by atoms with van der Waals surface area (Å²) in [4.78, 5) is 88.6. The fourth-order valence-electron chi connectivity index (χ4n) is 10.2. The van der Waals surface area contributed by atoms with Crippen molar-refractivity contribution >= 4 is 89.5 Å². The van der Waals surface area contributed by atoms with Crippen LogP contribution < -0.4 is 36.4 Å². The number of hydrogen-bond acceptors (Lipinski definition) is 15. The Labute approximate surface area is 523 Å². The summed E-state index contributed by atoms with van der Waals surface area (Å²) in [6, 6.07) is 29.1. The van der Waals surface area contributed by atoms with Crippen molar-refractivity contribution in [1.82, 2.24) is 30.1 Å². The van der Waals surface area contributed by atoms with Gasteiger partial charge < -0.3 is 36.8 Å². The van der Waals surface area contributed by atoms with Crippen molar-refractivity contribution < 1.29 is 45.6 Å². The second-order valence-electron chi connectivity index (χ2n) is 23.5. The van der Waals surface area contributed by atoms with Crippen molar-refractivity contribution in [1.29, 1.82) is 0 Å². The molecule has 3 aliphatic rings. The molecule has 6 atom stereocenters. The smallest absolute Gasteiger partial charge is 0.313 e. The van der Waals surface area contributed by atoms with Crippen LogP contribution >= 0.6 is 0 Å². The van der Waals surface area contributed by atoms with E-state index in [0.29, 0.717) is 47.6 Å². The minimum Gasteiger partial charge on any atom is -0.399 e. The minimum atomic E-state index is -3.37. The summed E-state index contributed by atoms with van der Waals surface area (Å²) in [7, 11) is -6.73. The van der Waals surface area contributed by atoms with Crippen molar-refractivity contribution in [3.8, 4) is 0 Å². The van der Waals surface area contributed by atoms with Crippen LogP contribution in [0.25, 0.3) is 0 Å². The summed E-state index contributed by atoms with van der Waals surface area (Å²) < 4.78 is 50.5. The molecule has 5 amide bonds. The molecule has 24 heteroatoms. The molecule has 3 aromatic heterocycles. The van der Waals surface area contributed by atoms with Gasteiger partial charge in [0.1, 0.15) is 0 Å². The van der Waals surface area contributed by atoms with E-state index < -0.39 is 55.4 Å². The molecule has 6 heterocycles. The maximum Gasteiger partial charge on any atom is 0.313 e. The quantitative estimate of drug-likeness (QED) is 0.0469. The highest BCUT2D eigenvalue weighted by atomic mass is 32.2. The van der Waals surface area contributed by atoms with Crippen molar-refractivity contribution in [2.24, 2.45) is 17.8 Å². The number of benzene rings is 3. The fraction of sp³-hybridized carbons (Fsp3) is 0.400. The van der Waals surface area contributed by atoms with E-state index in [9.17, 15) is 45.6 Å². The lowest BCUT2D eigenvalue weighted by atomic mass is 9.89. The first-order chi connectivity index (χ1) is 41.9. The molecular formula is C65H84N12O10S2. The number of likely N-dealkylation sites (tertiary alicyclic amines) is 2. The molecule has 3 fully saturated rings. The Morgan fingerprint density at radius 1 is 0.494 bits per heavy atom. The van der Waals surface area contributed by atoms with Crippen molar-refractivity contribution in [3.05, 3.63) is 161 Å². The number of aryl methyl sites for hydroxylation is 5. The van der Waals surface area contributed by atoms with Gasteiger partial charge in [-0.2, -0.15) is 0 Å². The van der Waals surface area contributed by atoms with E-state index >= 15 is 0 Å². The second kappa shape index (κ2) is 31.5. The minimum absolute atomic E-state index is 0.247. The van der Waals surface area contributed by atoms with Crippen LogP contribution in [0.4, 0.5) is 34.1 Å². The Balaban J connectivity index is 0.000000201. The number of ketones is 1. The normalized spacial score (nSPS) is 19.0. The van der Waals surface area contributed by atoms with Gasteiger partial charge in [-0.3, -0.25) is 53.2 Å². The lowest BCUT2D eigenvalue weighted by molar-refractivity contribution is -0.146. The molecule has 22 nitrogen and oxygen atoms in total. The third kappa shape index (κ3) is 21.9. The fourth-order valence-corrected chi connectivity index (χ4v) is 11.4. The highest BCUT2D eigenvalue weighted by Crippen LogP contribution is 2.36. The Bertz CT molecular complexity index is 3680. The first-order valence-electron chi connectivity index (χ1n) is 29.5. The molecule has 6 aromatic rings. The van der Waals surface area contributed by atoms with Crippen LogP contribution in [-0.2, 0) is 48.8 Å². The maximum atomic E-state index is 13.0. The molecule has 476 valence electrons. The molecule has 3 saturated heterocycles. The molecule has 8 N–H and O–H groups in total. The molecule has 0 saturated carbocycles. The summed E-state index contributed by atoms with van der Waals surface area (Å²) in [6.45, 7) is 19.1. The van der Waals surface area contributed by atoms with E-state index in [1.807, 2.05) is 46.8 Å². The van der Waals surface area contributed by atoms with Crippen molar-refractivity contribution in [2.75, 3.05) is 63.3 Å². The van der Waals surface area contributed by atoms with Gasteiger partial charge in [0.25, 0.3) is 5.91 Å². The van der Waals surface area contributed by atoms with Crippen molar-refractivity contribution in [3.63, 3.8) is 0 Å². The van der Waals surface area contributed by atoms with Gasteiger partial charge in [0, 0.05) is 60.2 Å². The van der Waals surface area contributed by atoms with Gasteiger partial charge in [0.05, 0.1) is 60.2 Å². The van der Waals surface area contributed by atoms with Gasteiger partial charge in [0.15, 0.2) is 0 Å². The number of rotatable bonds is 11. The Morgan fingerprint density at radius 2 is 0.888 bits per heavy atom. The highest BCUT2D eigenvalue weighted by molar-refractivity contribution is 7.92. The SMILES string of the molecule is CC(=O)C(=O)Nc1cnc(C)c(C)c1.CC1CCC(c2ccc(N)cc2)NC1.Cc1cc(NC(=O)C(=O)N2C[C@H](C)CC[C@H]2c2ccc(NS(C)(=O)=O)cc2)cnc1C.Cc1ccc(NC(=O)C(=O)N2C[C@H](C)CC[C@H]2c2ccc(NS(C)(=O)=O)cc2)cn1. The third-order valence-corrected chi connectivity index (χ3v) is 16.6. The van der Waals surface area contributed by atoms with Gasteiger partial charge in [-0.15, -0.1) is 0 Å². The van der Waals surface area contributed by atoms with E-state index in [1.54, 1.807) is 82.6 Å². The number of aromatic nitrogens is 3. The molecule has 9 rings (SSSR count). The van der Waals surface area contributed by atoms with E-state index in [2.05, 4.69) is 78.6 Å². The second-order valence-corrected chi connectivity index (χ2v) is 27.0. The number of carbonyl (C=O) groups is 6. The van der Waals surface area contributed by atoms with E-state index in [1.165, 1.54) is 43.9 Å². The molecule has 89 heavy (non-hydrogen) atoms. The predicted molar refractivity (Wildman–Crippen MR) is 348 cm³/mol. The zero-order valence-electron chi connectivity index (χ0n) is 52.5. The van der Waals surface area contributed by atoms with Crippen LogP contribution in [0, 0.1) is 52.4 Å². The number of nitrogens with zero attached hydrogens (tertiary/aromatic N) is 5. The first-order valence-corrected chi connectivity index (χ1v) is 33.3. The van der Waals surface area contributed by atoms with Crippen molar-refractivity contribution in [2.45, 2.75) is 119 Å².